The number of ether oxygens (including phenoxy) is 1. The molecule has 6 heteroatoms. The van der Waals surface area contributed by atoms with Crippen LogP contribution in [0.3, 0.4) is 0 Å². The summed E-state index contributed by atoms with van der Waals surface area (Å²) in [6.07, 6.45) is 3.87. The summed E-state index contributed by atoms with van der Waals surface area (Å²) in [5.74, 6) is 0.716. The van der Waals surface area contributed by atoms with E-state index in [0.717, 1.165) is 18.4 Å². The molecule has 1 N–H and O–H groups in total. The van der Waals surface area contributed by atoms with Gasteiger partial charge in [0, 0.05) is 17.6 Å². The van der Waals surface area contributed by atoms with E-state index in [4.69, 9.17) is 4.74 Å². The number of hydrogen-bond donors (Lipinski definition) is 1. The molecule has 1 aliphatic heterocycles. The lowest BCUT2D eigenvalue weighted by Gasteiger charge is -2.13. The average molecular weight is 356 g/mol. The predicted octanol–water partition coefficient (Wildman–Crippen LogP) is 3.01. The summed E-state index contributed by atoms with van der Waals surface area (Å²) < 4.78 is 33.1. The van der Waals surface area contributed by atoms with Crippen LogP contribution in [0.4, 0.5) is 0 Å². The van der Waals surface area contributed by atoms with Crippen LogP contribution >= 0.6 is 0 Å². The Balaban J connectivity index is 1.69. The number of benzene rings is 2. The maximum Gasteiger partial charge on any atom is 0.268 e. The standard InChI is InChI=1S/C19H20N2O3S/c22-25(23,16-7-2-1-3-8-16)21-13-11-17-18(21)9-4-10-19(17)24-14-15-6-5-12-20-15/h1-4,7-11,13,15,20H,5-6,12,14H2. The van der Waals surface area contributed by atoms with Crippen LogP contribution in [0, 0.1) is 0 Å². The highest BCUT2D eigenvalue weighted by atomic mass is 32.2. The molecule has 0 bridgehead atoms. The van der Waals surface area contributed by atoms with Gasteiger partial charge in [-0.25, -0.2) is 12.4 Å². The van der Waals surface area contributed by atoms with E-state index in [9.17, 15) is 8.42 Å². The van der Waals surface area contributed by atoms with Gasteiger partial charge in [0.15, 0.2) is 0 Å². The Kier molecular flexibility index (Phi) is 4.23. The summed E-state index contributed by atoms with van der Waals surface area (Å²) in [7, 11) is -3.62. The van der Waals surface area contributed by atoms with Crippen molar-refractivity contribution in [3.05, 3.63) is 60.8 Å². The molecule has 4 rings (SSSR count). The van der Waals surface area contributed by atoms with Gasteiger partial charge >= 0.3 is 0 Å². The third-order valence-corrected chi connectivity index (χ3v) is 6.26. The summed E-state index contributed by atoms with van der Waals surface area (Å²) in [6, 6.07) is 16.1. The first-order valence-electron chi connectivity index (χ1n) is 8.43. The van der Waals surface area contributed by atoms with Gasteiger partial charge in [-0.1, -0.05) is 24.3 Å². The Morgan fingerprint density at radius 3 is 2.68 bits per heavy atom. The lowest BCUT2D eigenvalue weighted by atomic mass is 10.2. The highest BCUT2D eigenvalue weighted by Crippen LogP contribution is 2.29. The monoisotopic (exact) mass is 356 g/mol. The van der Waals surface area contributed by atoms with Crippen molar-refractivity contribution in [1.82, 2.24) is 9.29 Å². The Morgan fingerprint density at radius 1 is 1.08 bits per heavy atom. The van der Waals surface area contributed by atoms with E-state index in [1.165, 1.54) is 10.4 Å². The fourth-order valence-electron chi connectivity index (χ4n) is 3.25. The Hall–Kier alpha value is -2.31. The Labute approximate surface area is 147 Å². The minimum atomic E-state index is -3.62. The highest BCUT2D eigenvalue weighted by Gasteiger charge is 2.20. The molecule has 1 aromatic heterocycles. The molecule has 0 amide bonds. The number of aromatic nitrogens is 1. The molecule has 3 aromatic rings. The van der Waals surface area contributed by atoms with Gasteiger partial charge in [0.1, 0.15) is 12.4 Å². The summed E-state index contributed by atoms with van der Waals surface area (Å²) in [5.41, 5.74) is 0.626. The summed E-state index contributed by atoms with van der Waals surface area (Å²) in [4.78, 5) is 0.272. The van der Waals surface area contributed by atoms with Gasteiger partial charge in [-0.3, -0.25) is 0 Å². The molecule has 0 radical (unpaired) electrons. The molecule has 0 saturated carbocycles. The van der Waals surface area contributed by atoms with Crippen LogP contribution in [-0.2, 0) is 10.0 Å². The first-order chi connectivity index (χ1) is 12.2. The lowest BCUT2D eigenvalue weighted by Crippen LogP contribution is -2.28. The SMILES string of the molecule is O=S(=O)(c1ccccc1)n1ccc2c(OCC3CCCN3)cccc21. The van der Waals surface area contributed by atoms with E-state index in [1.54, 1.807) is 48.7 Å². The molecule has 0 spiro atoms. The fraction of sp³-hybridized carbons (Fsp3) is 0.263. The van der Waals surface area contributed by atoms with Gasteiger partial charge in [0.2, 0.25) is 0 Å². The molecule has 1 atom stereocenters. The van der Waals surface area contributed by atoms with E-state index in [2.05, 4.69) is 5.32 Å². The number of fused-ring (bicyclic) bond motifs is 1. The van der Waals surface area contributed by atoms with Crippen molar-refractivity contribution in [3.63, 3.8) is 0 Å². The maximum absolute atomic E-state index is 12.9. The summed E-state index contributed by atoms with van der Waals surface area (Å²) in [5, 5.41) is 4.21. The second-order valence-corrected chi connectivity index (χ2v) is 8.04. The number of hydrogen-bond acceptors (Lipinski definition) is 4. The molecule has 130 valence electrons. The van der Waals surface area contributed by atoms with Crippen molar-refractivity contribution in [2.45, 2.75) is 23.8 Å². The van der Waals surface area contributed by atoms with Crippen LogP contribution in [0.25, 0.3) is 10.9 Å². The van der Waals surface area contributed by atoms with Gasteiger partial charge < -0.3 is 10.1 Å². The third kappa shape index (κ3) is 3.03. The minimum absolute atomic E-state index is 0.272. The zero-order chi connectivity index (χ0) is 17.3. The second-order valence-electron chi connectivity index (χ2n) is 6.22. The molecule has 25 heavy (non-hydrogen) atoms. The topological polar surface area (TPSA) is 60.3 Å². The summed E-state index contributed by atoms with van der Waals surface area (Å²) in [6.45, 7) is 1.62. The molecule has 2 heterocycles. The van der Waals surface area contributed by atoms with Gasteiger partial charge in [-0.2, -0.15) is 0 Å². The van der Waals surface area contributed by atoms with Gasteiger partial charge in [-0.15, -0.1) is 0 Å². The zero-order valence-electron chi connectivity index (χ0n) is 13.8. The van der Waals surface area contributed by atoms with Crippen molar-refractivity contribution in [2.24, 2.45) is 0 Å². The van der Waals surface area contributed by atoms with Crippen molar-refractivity contribution >= 4 is 20.9 Å². The van der Waals surface area contributed by atoms with E-state index < -0.39 is 10.0 Å². The molecule has 1 aliphatic rings. The van der Waals surface area contributed by atoms with Crippen molar-refractivity contribution in [2.75, 3.05) is 13.2 Å². The summed E-state index contributed by atoms with van der Waals surface area (Å²) >= 11 is 0. The molecule has 1 unspecified atom stereocenters. The van der Waals surface area contributed by atoms with Gasteiger partial charge in [0.25, 0.3) is 10.0 Å². The zero-order valence-corrected chi connectivity index (χ0v) is 14.6. The van der Waals surface area contributed by atoms with Crippen LogP contribution in [0.1, 0.15) is 12.8 Å². The Bertz CT molecular complexity index is 974. The number of nitrogens with zero attached hydrogens (tertiary/aromatic N) is 1. The average Bonchev–Trinajstić information content (AvgIpc) is 3.30. The van der Waals surface area contributed by atoms with E-state index in [1.807, 2.05) is 12.1 Å². The highest BCUT2D eigenvalue weighted by molar-refractivity contribution is 7.90. The van der Waals surface area contributed by atoms with Crippen LogP contribution in [0.5, 0.6) is 5.75 Å². The normalized spacial score (nSPS) is 17.8. The fourth-order valence-corrected chi connectivity index (χ4v) is 4.61. The van der Waals surface area contributed by atoms with E-state index >= 15 is 0 Å². The smallest absolute Gasteiger partial charge is 0.268 e. The Morgan fingerprint density at radius 2 is 1.92 bits per heavy atom. The first kappa shape index (κ1) is 16.2. The quantitative estimate of drug-likeness (QED) is 0.763. The largest absolute Gasteiger partial charge is 0.491 e. The molecule has 0 aliphatic carbocycles. The van der Waals surface area contributed by atoms with Crippen LogP contribution < -0.4 is 10.1 Å². The molecule has 2 aromatic carbocycles. The maximum atomic E-state index is 12.9. The molecular weight excluding hydrogens is 336 g/mol. The van der Waals surface area contributed by atoms with Crippen LogP contribution in [0.2, 0.25) is 0 Å². The minimum Gasteiger partial charge on any atom is -0.491 e. The first-order valence-corrected chi connectivity index (χ1v) is 9.87. The second kappa shape index (κ2) is 6.54. The van der Waals surface area contributed by atoms with Crippen molar-refractivity contribution in [1.29, 1.82) is 0 Å². The van der Waals surface area contributed by atoms with Gasteiger partial charge in [-0.05, 0) is 49.7 Å². The number of nitrogens with one attached hydrogen (secondary N) is 1. The van der Waals surface area contributed by atoms with Crippen LogP contribution in [-0.4, -0.2) is 31.6 Å². The third-order valence-electron chi connectivity index (χ3n) is 4.56. The van der Waals surface area contributed by atoms with Gasteiger partial charge in [0.05, 0.1) is 10.4 Å². The predicted molar refractivity (Wildman–Crippen MR) is 97.5 cm³/mol. The number of rotatable bonds is 5. The van der Waals surface area contributed by atoms with Crippen molar-refractivity contribution < 1.29 is 13.2 Å². The lowest BCUT2D eigenvalue weighted by molar-refractivity contribution is 0.280. The van der Waals surface area contributed by atoms with E-state index in [0.29, 0.717) is 23.9 Å². The molecule has 1 fully saturated rings. The molecule has 1 saturated heterocycles. The molecular formula is C19H20N2O3S. The van der Waals surface area contributed by atoms with Crippen molar-refractivity contribution in [3.8, 4) is 5.75 Å². The van der Waals surface area contributed by atoms with Crippen LogP contribution in [0.15, 0.2) is 65.7 Å². The van der Waals surface area contributed by atoms with E-state index in [-0.39, 0.29) is 4.90 Å². The molecule has 5 nitrogen and oxygen atoms in total.